The third kappa shape index (κ3) is 2.68. The molecule has 1 nitrogen and oxygen atoms in total. The second-order valence-electron chi connectivity index (χ2n) is 3.03. The molecule has 4 heteroatoms. The van der Waals surface area contributed by atoms with Crippen LogP contribution >= 0.6 is 0 Å². The Morgan fingerprint density at radius 3 is 2.07 bits per heavy atom. The molecule has 0 heterocycles. The minimum atomic E-state index is -4.53. The van der Waals surface area contributed by atoms with E-state index >= 15 is 0 Å². The Morgan fingerprint density at radius 1 is 1.20 bits per heavy atom. The summed E-state index contributed by atoms with van der Waals surface area (Å²) in [5.41, 5.74) is 0.661. The molecule has 0 spiro atoms. The van der Waals surface area contributed by atoms with Gasteiger partial charge in [-0.25, -0.2) is 0 Å². The van der Waals surface area contributed by atoms with Gasteiger partial charge in [-0.2, -0.15) is 13.2 Å². The summed E-state index contributed by atoms with van der Waals surface area (Å²) in [7, 11) is 0. The molecule has 0 aliphatic rings. The number of carbonyl (C=O) groups is 1. The highest BCUT2D eigenvalue weighted by atomic mass is 19.4. The minimum Gasteiger partial charge on any atom is -0.302 e. The maximum Gasteiger partial charge on any atom is 0.402 e. The van der Waals surface area contributed by atoms with Gasteiger partial charge in [0.05, 0.1) is 0 Å². The SMILES string of the molecule is C=Cc1ccc(C(C=O)C(F)(F)F)cc1. The molecule has 1 unspecified atom stereocenters. The van der Waals surface area contributed by atoms with Crippen LogP contribution in [0.2, 0.25) is 0 Å². The first-order chi connectivity index (χ1) is 6.99. The molecule has 1 aromatic carbocycles. The summed E-state index contributed by atoms with van der Waals surface area (Å²) >= 11 is 0. The third-order valence-corrected chi connectivity index (χ3v) is 2.02. The van der Waals surface area contributed by atoms with E-state index in [0.717, 1.165) is 0 Å². The number of carbonyl (C=O) groups excluding carboxylic acids is 1. The van der Waals surface area contributed by atoms with Gasteiger partial charge in [0.15, 0.2) is 0 Å². The van der Waals surface area contributed by atoms with Crippen LogP contribution in [0.15, 0.2) is 30.8 Å². The minimum absolute atomic E-state index is 0.0527. The maximum atomic E-state index is 12.3. The zero-order chi connectivity index (χ0) is 11.5. The van der Waals surface area contributed by atoms with E-state index < -0.39 is 12.1 Å². The van der Waals surface area contributed by atoms with Crippen molar-refractivity contribution < 1.29 is 18.0 Å². The Bertz CT molecular complexity index is 351. The Hall–Kier alpha value is -1.58. The van der Waals surface area contributed by atoms with Crippen LogP contribution < -0.4 is 0 Å². The van der Waals surface area contributed by atoms with Gasteiger partial charge in [0.2, 0.25) is 0 Å². The second kappa shape index (κ2) is 4.29. The largest absolute Gasteiger partial charge is 0.402 e. The fraction of sp³-hybridized carbons (Fsp3) is 0.182. The summed E-state index contributed by atoms with van der Waals surface area (Å²) < 4.78 is 37.0. The zero-order valence-corrected chi connectivity index (χ0v) is 7.79. The number of aldehydes is 1. The van der Waals surface area contributed by atoms with Crippen molar-refractivity contribution >= 4 is 12.4 Å². The first kappa shape index (κ1) is 11.5. The van der Waals surface area contributed by atoms with Crippen molar-refractivity contribution in [2.75, 3.05) is 0 Å². The number of rotatable bonds is 3. The predicted octanol–water partition coefficient (Wildman–Crippen LogP) is 3.17. The number of hydrogen-bond acceptors (Lipinski definition) is 1. The quantitative estimate of drug-likeness (QED) is 0.706. The van der Waals surface area contributed by atoms with Gasteiger partial charge in [-0.15, -0.1) is 0 Å². The Morgan fingerprint density at radius 2 is 1.73 bits per heavy atom. The Kier molecular flexibility index (Phi) is 3.29. The van der Waals surface area contributed by atoms with Crippen molar-refractivity contribution in [2.24, 2.45) is 0 Å². The topological polar surface area (TPSA) is 17.1 Å². The molecule has 80 valence electrons. The summed E-state index contributed by atoms with van der Waals surface area (Å²) in [4.78, 5) is 10.4. The molecule has 1 atom stereocenters. The molecule has 0 N–H and O–H groups in total. The molecule has 0 radical (unpaired) electrons. The van der Waals surface area contributed by atoms with Crippen molar-refractivity contribution in [1.29, 1.82) is 0 Å². The third-order valence-electron chi connectivity index (χ3n) is 2.02. The average Bonchev–Trinajstić information content (AvgIpc) is 2.18. The van der Waals surface area contributed by atoms with Gasteiger partial charge in [-0.05, 0) is 11.1 Å². The van der Waals surface area contributed by atoms with Crippen molar-refractivity contribution in [3.05, 3.63) is 42.0 Å². The van der Waals surface area contributed by atoms with E-state index in [0.29, 0.717) is 5.56 Å². The van der Waals surface area contributed by atoms with Crippen LogP contribution in [0.5, 0.6) is 0 Å². The lowest BCUT2D eigenvalue weighted by molar-refractivity contribution is -0.155. The molecular formula is C11H9F3O. The monoisotopic (exact) mass is 214 g/mol. The van der Waals surface area contributed by atoms with Gasteiger partial charge in [0, 0.05) is 0 Å². The summed E-state index contributed by atoms with van der Waals surface area (Å²) in [5.74, 6) is -2.05. The van der Waals surface area contributed by atoms with Crippen molar-refractivity contribution in [3.8, 4) is 0 Å². The molecule has 0 aromatic heterocycles. The Balaban J connectivity index is 3.03. The predicted molar refractivity (Wildman–Crippen MR) is 51.4 cm³/mol. The molecule has 1 aromatic rings. The van der Waals surface area contributed by atoms with E-state index in [4.69, 9.17) is 0 Å². The number of alkyl halides is 3. The first-order valence-electron chi connectivity index (χ1n) is 4.23. The van der Waals surface area contributed by atoms with Gasteiger partial charge < -0.3 is 4.79 Å². The van der Waals surface area contributed by atoms with Gasteiger partial charge >= 0.3 is 6.18 Å². The van der Waals surface area contributed by atoms with Crippen molar-refractivity contribution in [1.82, 2.24) is 0 Å². The molecule has 0 saturated carbocycles. The van der Waals surface area contributed by atoms with E-state index in [1.165, 1.54) is 30.3 Å². The fourth-order valence-corrected chi connectivity index (χ4v) is 1.18. The molecule has 0 bridgehead atoms. The second-order valence-corrected chi connectivity index (χ2v) is 3.03. The molecule has 0 aliphatic heterocycles. The highest BCUT2D eigenvalue weighted by Gasteiger charge is 2.40. The molecule has 15 heavy (non-hydrogen) atoms. The van der Waals surface area contributed by atoms with E-state index in [9.17, 15) is 18.0 Å². The van der Waals surface area contributed by atoms with Gasteiger partial charge in [0.1, 0.15) is 12.2 Å². The van der Waals surface area contributed by atoms with Crippen LogP contribution in [0.1, 0.15) is 17.0 Å². The van der Waals surface area contributed by atoms with Crippen LogP contribution in [0.25, 0.3) is 6.08 Å². The average molecular weight is 214 g/mol. The first-order valence-corrected chi connectivity index (χ1v) is 4.23. The summed E-state index contributed by atoms with van der Waals surface area (Å²) in [5, 5.41) is 0. The van der Waals surface area contributed by atoms with E-state index in [1.807, 2.05) is 0 Å². The van der Waals surface area contributed by atoms with Crippen LogP contribution in [0, 0.1) is 0 Å². The molecule has 0 fully saturated rings. The van der Waals surface area contributed by atoms with Crippen molar-refractivity contribution in [2.45, 2.75) is 12.1 Å². The summed E-state index contributed by atoms with van der Waals surface area (Å²) in [6.07, 6.45) is -3.10. The van der Waals surface area contributed by atoms with E-state index in [-0.39, 0.29) is 11.8 Å². The summed E-state index contributed by atoms with van der Waals surface area (Å²) in [6.45, 7) is 3.48. The normalized spacial score (nSPS) is 13.3. The Labute approximate surface area is 85.2 Å². The molecule has 1 rings (SSSR count). The van der Waals surface area contributed by atoms with E-state index in [1.54, 1.807) is 0 Å². The van der Waals surface area contributed by atoms with Crippen LogP contribution in [-0.4, -0.2) is 12.5 Å². The molecule has 0 amide bonds. The lowest BCUT2D eigenvalue weighted by Gasteiger charge is -2.14. The van der Waals surface area contributed by atoms with Crippen LogP contribution in [0.4, 0.5) is 13.2 Å². The lowest BCUT2D eigenvalue weighted by atomic mass is 9.99. The number of hydrogen-bond donors (Lipinski definition) is 0. The summed E-state index contributed by atoms with van der Waals surface area (Å²) in [6, 6.07) is 5.54. The highest BCUT2D eigenvalue weighted by Crippen LogP contribution is 2.33. The zero-order valence-electron chi connectivity index (χ0n) is 7.79. The molecule has 0 saturated heterocycles. The highest BCUT2D eigenvalue weighted by molar-refractivity contribution is 5.64. The number of benzene rings is 1. The van der Waals surface area contributed by atoms with Crippen LogP contribution in [0.3, 0.4) is 0 Å². The van der Waals surface area contributed by atoms with Gasteiger partial charge in [-0.3, -0.25) is 0 Å². The number of halogens is 3. The molecular weight excluding hydrogens is 205 g/mol. The van der Waals surface area contributed by atoms with Crippen LogP contribution in [-0.2, 0) is 4.79 Å². The van der Waals surface area contributed by atoms with E-state index in [2.05, 4.69) is 6.58 Å². The smallest absolute Gasteiger partial charge is 0.302 e. The van der Waals surface area contributed by atoms with Gasteiger partial charge in [0.25, 0.3) is 0 Å². The van der Waals surface area contributed by atoms with Crippen molar-refractivity contribution in [3.63, 3.8) is 0 Å². The fourth-order valence-electron chi connectivity index (χ4n) is 1.18. The lowest BCUT2D eigenvalue weighted by Crippen LogP contribution is -2.21. The standard InChI is InChI=1S/C11H9F3O/c1-2-8-3-5-9(6-4-8)10(7-15)11(12,13)14/h2-7,10H,1H2. The maximum absolute atomic E-state index is 12.3. The molecule has 0 aliphatic carbocycles. The van der Waals surface area contributed by atoms with Gasteiger partial charge in [-0.1, -0.05) is 36.9 Å².